The van der Waals surface area contributed by atoms with Crippen molar-refractivity contribution in [1.29, 1.82) is 0 Å². The molecule has 1 amide bonds. The molecular weight excluding hydrogens is 356 g/mol. The van der Waals surface area contributed by atoms with Crippen LogP contribution in [0.25, 0.3) is 0 Å². The molecule has 0 aliphatic carbocycles. The predicted octanol–water partition coefficient (Wildman–Crippen LogP) is 1.48. The summed E-state index contributed by atoms with van der Waals surface area (Å²) >= 11 is 0. The molecule has 0 spiro atoms. The summed E-state index contributed by atoms with van der Waals surface area (Å²) in [4.78, 5) is 13.9. The van der Waals surface area contributed by atoms with Crippen molar-refractivity contribution in [3.05, 3.63) is 23.8 Å². The van der Waals surface area contributed by atoms with E-state index in [0.717, 1.165) is 29.9 Å². The summed E-state index contributed by atoms with van der Waals surface area (Å²) in [6.07, 6.45) is 2.04. The van der Waals surface area contributed by atoms with Crippen LogP contribution in [-0.4, -0.2) is 63.3 Å². The van der Waals surface area contributed by atoms with Crippen molar-refractivity contribution in [3.63, 3.8) is 0 Å². The quantitative estimate of drug-likeness (QED) is 0.745. The third-order valence-electron chi connectivity index (χ3n) is 5.11. The van der Waals surface area contributed by atoms with E-state index in [9.17, 15) is 13.2 Å². The van der Waals surface area contributed by atoms with E-state index >= 15 is 0 Å². The van der Waals surface area contributed by atoms with Crippen molar-refractivity contribution in [2.75, 3.05) is 39.7 Å². The van der Waals surface area contributed by atoms with Gasteiger partial charge in [0.2, 0.25) is 22.7 Å². The second-order valence-corrected chi connectivity index (χ2v) is 9.89. The Hall–Kier alpha value is -1.80. The lowest BCUT2D eigenvalue weighted by Gasteiger charge is -2.40. The average Bonchev–Trinajstić information content (AvgIpc) is 3.03. The van der Waals surface area contributed by atoms with Gasteiger partial charge in [0.05, 0.1) is 5.75 Å². The first-order valence-electron chi connectivity index (χ1n) is 8.75. The Morgan fingerprint density at radius 3 is 2.69 bits per heavy atom. The first kappa shape index (κ1) is 19.0. The molecule has 2 aliphatic heterocycles. The maximum Gasteiger partial charge on any atom is 0.231 e. The largest absolute Gasteiger partial charge is 0.454 e. The maximum atomic E-state index is 12.3. The van der Waals surface area contributed by atoms with Gasteiger partial charge < -0.3 is 14.4 Å². The van der Waals surface area contributed by atoms with Crippen LogP contribution in [0.1, 0.15) is 25.3 Å². The number of fused-ring (bicyclic) bond motifs is 1. The number of benzene rings is 1. The van der Waals surface area contributed by atoms with Crippen LogP contribution >= 0.6 is 0 Å². The van der Waals surface area contributed by atoms with Crippen LogP contribution in [0.2, 0.25) is 0 Å². The van der Waals surface area contributed by atoms with Gasteiger partial charge in [-0.05, 0) is 36.0 Å². The summed E-state index contributed by atoms with van der Waals surface area (Å²) < 4.78 is 36.0. The molecule has 0 N–H and O–H groups in total. The highest BCUT2D eigenvalue weighted by atomic mass is 32.2. The van der Waals surface area contributed by atoms with Gasteiger partial charge in [-0.1, -0.05) is 13.0 Å². The van der Waals surface area contributed by atoms with E-state index in [-0.39, 0.29) is 30.4 Å². The molecular formula is C18H26N2O5S. The average molecular weight is 382 g/mol. The SMILES string of the molecule is CN(C)S(=O)(=O)CCN1CC(C)(Cc2ccc3c(c2)OCO3)CCC1=O. The number of hydrogen-bond donors (Lipinski definition) is 0. The molecule has 0 bridgehead atoms. The van der Waals surface area contributed by atoms with Gasteiger partial charge in [0.1, 0.15) is 0 Å². The number of likely N-dealkylation sites (tertiary alicyclic amines) is 1. The van der Waals surface area contributed by atoms with Crippen molar-refractivity contribution in [2.45, 2.75) is 26.2 Å². The summed E-state index contributed by atoms with van der Waals surface area (Å²) in [6, 6.07) is 5.93. The van der Waals surface area contributed by atoms with Gasteiger partial charge >= 0.3 is 0 Å². The molecule has 1 atom stereocenters. The Kier molecular flexibility index (Phi) is 5.16. The highest BCUT2D eigenvalue weighted by molar-refractivity contribution is 7.89. The number of rotatable bonds is 6. The summed E-state index contributed by atoms with van der Waals surface area (Å²) in [5.41, 5.74) is 1.04. The van der Waals surface area contributed by atoms with Gasteiger partial charge in [0, 0.05) is 33.6 Å². The number of carbonyl (C=O) groups is 1. The van der Waals surface area contributed by atoms with Crippen LogP contribution in [-0.2, 0) is 21.2 Å². The number of carbonyl (C=O) groups excluding carboxylic acids is 1. The molecule has 1 saturated heterocycles. The normalized spacial score (nSPS) is 22.9. The van der Waals surface area contributed by atoms with E-state index in [1.165, 1.54) is 18.4 Å². The molecule has 0 saturated carbocycles. The Morgan fingerprint density at radius 2 is 1.96 bits per heavy atom. The van der Waals surface area contributed by atoms with Crippen molar-refractivity contribution in [1.82, 2.24) is 9.21 Å². The molecule has 1 aromatic carbocycles. The van der Waals surface area contributed by atoms with Gasteiger partial charge in [0.25, 0.3) is 0 Å². The Morgan fingerprint density at radius 1 is 1.23 bits per heavy atom. The molecule has 144 valence electrons. The van der Waals surface area contributed by atoms with Gasteiger partial charge in [-0.2, -0.15) is 0 Å². The number of sulfonamides is 1. The number of ether oxygens (including phenoxy) is 2. The Labute approximate surface area is 154 Å². The van der Waals surface area contributed by atoms with Crippen molar-refractivity contribution < 1.29 is 22.7 Å². The first-order chi connectivity index (χ1) is 12.2. The van der Waals surface area contributed by atoms with E-state index in [0.29, 0.717) is 13.0 Å². The zero-order chi connectivity index (χ0) is 18.9. The zero-order valence-corrected chi connectivity index (χ0v) is 16.3. The van der Waals surface area contributed by atoms with Crippen LogP contribution in [0, 0.1) is 5.41 Å². The second kappa shape index (κ2) is 7.08. The van der Waals surface area contributed by atoms with Crippen molar-refractivity contribution in [2.24, 2.45) is 5.41 Å². The van der Waals surface area contributed by atoms with Crippen LogP contribution in [0.4, 0.5) is 0 Å². The molecule has 8 heteroatoms. The highest BCUT2D eigenvalue weighted by Gasteiger charge is 2.35. The fraction of sp³-hybridized carbons (Fsp3) is 0.611. The first-order valence-corrected chi connectivity index (χ1v) is 10.4. The minimum atomic E-state index is -3.31. The maximum absolute atomic E-state index is 12.3. The molecule has 2 aliphatic rings. The van der Waals surface area contributed by atoms with Gasteiger partial charge in [0.15, 0.2) is 11.5 Å². The molecule has 2 heterocycles. The standard InChI is InChI=1S/C18H26N2O5S/c1-18(11-14-4-5-15-16(10-14)25-13-24-15)7-6-17(21)20(12-18)8-9-26(22,23)19(2)3/h4-5,10H,6-9,11-13H2,1-3H3. The van der Waals surface area contributed by atoms with Gasteiger partial charge in [-0.3, -0.25) is 4.79 Å². The lowest BCUT2D eigenvalue weighted by atomic mass is 9.76. The van der Waals surface area contributed by atoms with E-state index in [1.54, 1.807) is 4.90 Å². The molecule has 3 rings (SSSR count). The number of piperidine rings is 1. The number of hydrogen-bond acceptors (Lipinski definition) is 5. The second-order valence-electron chi connectivity index (χ2n) is 7.59. The molecule has 0 aromatic heterocycles. The van der Waals surface area contributed by atoms with E-state index in [4.69, 9.17) is 9.47 Å². The molecule has 0 radical (unpaired) electrons. The molecule has 1 fully saturated rings. The van der Waals surface area contributed by atoms with E-state index < -0.39 is 10.0 Å². The Bertz CT molecular complexity index is 793. The van der Waals surface area contributed by atoms with Crippen molar-refractivity contribution in [3.8, 4) is 11.5 Å². The van der Waals surface area contributed by atoms with E-state index in [2.05, 4.69) is 6.92 Å². The summed E-state index contributed by atoms with van der Waals surface area (Å²) in [5, 5.41) is 0. The van der Waals surface area contributed by atoms with Crippen LogP contribution in [0.15, 0.2) is 18.2 Å². The summed E-state index contributed by atoms with van der Waals surface area (Å²) in [6.45, 7) is 3.19. The molecule has 7 nitrogen and oxygen atoms in total. The summed E-state index contributed by atoms with van der Waals surface area (Å²) in [7, 11) is -0.293. The van der Waals surface area contributed by atoms with Gasteiger partial charge in [-0.15, -0.1) is 0 Å². The third-order valence-corrected chi connectivity index (χ3v) is 6.92. The lowest BCUT2D eigenvalue weighted by molar-refractivity contribution is -0.136. The smallest absolute Gasteiger partial charge is 0.231 e. The topological polar surface area (TPSA) is 76.2 Å². The third kappa shape index (κ3) is 4.12. The summed E-state index contributed by atoms with van der Waals surface area (Å²) in [5.74, 6) is 1.49. The van der Waals surface area contributed by atoms with Crippen molar-refractivity contribution >= 4 is 15.9 Å². The Balaban J connectivity index is 1.67. The fourth-order valence-electron chi connectivity index (χ4n) is 3.49. The predicted molar refractivity (Wildman–Crippen MR) is 97.7 cm³/mol. The fourth-order valence-corrected chi connectivity index (χ4v) is 4.31. The van der Waals surface area contributed by atoms with Crippen LogP contribution in [0.3, 0.4) is 0 Å². The minimum absolute atomic E-state index is 0.0297. The lowest BCUT2D eigenvalue weighted by Crippen LogP contribution is -2.48. The zero-order valence-electron chi connectivity index (χ0n) is 15.5. The number of amides is 1. The minimum Gasteiger partial charge on any atom is -0.454 e. The van der Waals surface area contributed by atoms with Gasteiger partial charge in [-0.25, -0.2) is 12.7 Å². The van der Waals surface area contributed by atoms with E-state index in [1.807, 2.05) is 18.2 Å². The highest BCUT2D eigenvalue weighted by Crippen LogP contribution is 2.37. The monoisotopic (exact) mass is 382 g/mol. The molecule has 1 unspecified atom stereocenters. The number of nitrogens with zero attached hydrogens (tertiary/aromatic N) is 2. The van der Waals surface area contributed by atoms with Crippen LogP contribution in [0.5, 0.6) is 11.5 Å². The van der Waals surface area contributed by atoms with Crippen LogP contribution < -0.4 is 9.47 Å². The molecule has 1 aromatic rings. The molecule has 26 heavy (non-hydrogen) atoms.